The molecule has 23 heavy (non-hydrogen) atoms. The van der Waals surface area contributed by atoms with Crippen LogP contribution in [0, 0.1) is 17.8 Å². The van der Waals surface area contributed by atoms with Crippen LogP contribution in [0.3, 0.4) is 0 Å². The molecule has 3 atom stereocenters. The fraction of sp³-hybridized carbons (Fsp3) is 0.650. The standard InChI is InChI=1S/C20H30N2O/c1-16(19-8-5-10-21-14-19)12-20(23)22-11-9-18(15-22)13-17-6-3-2-4-7-17/h2-4,6-7,16,18-19,21H,5,8-15H2,1H3. The Morgan fingerprint density at radius 3 is 2.87 bits per heavy atom. The molecule has 0 spiro atoms. The second kappa shape index (κ2) is 7.96. The minimum Gasteiger partial charge on any atom is -0.342 e. The third kappa shape index (κ3) is 4.57. The summed E-state index contributed by atoms with van der Waals surface area (Å²) < 4.78 is 0. The molecule has 0 aliphatic carbocycles. The molecule has 3 unspecified atom stereocenters. The molecule has 0 saturated carbocycles. The Labute approximate surface area is 140 Å². The number of piperidine rings is 1. The molecule has 2 aliphatic rings. The first kappa shape index (κ1) is 16.5. The van der Waals surface area contributed by atoms with E-state index >= 15 is 0 Å². The van der Waals surface area contributed by atoms with Crippen LogP contribution < -0.4 is 5.32 Å². The zero-order valence-electron chi connectivity index (χ0n) is 14.3. The molecule has 2 heterocycles. The van der Waals surface area contributed by atoms with Gasteiger partial charge >= 0.3 is 0 Å². The molecule has 3 rings (SSSR count). The van der Waals surface area contributed by atoms with Crippen LogP contribution >= 0.6 is 0 Å². The minimum absolute atomic E-state index is 0.374. The average molecular weight is 314 g/mol. The summed E-state index contributed by atoms with van der Waals surface area (Å²) in [6, 6.07) is 10.7. The van der Waals surface area contributed by atoms with Gasteiger partial charge in [0.15, 0.2) is 0 Å². The first-order valence-electron chi connectivity index (χ1n) is 9.25. The van der Waals surface area contributed by atoms with Crippen molar-refractivity contribution < 1.29 is 4.79 Å². The predicted octanol–water partition coefficient (Wildman–Crippen LogP) is 3.10. The van der Waals surface area contributed by atoms with Gasteiger partial charge in [0.05, 0.1) is 0 Å². The first-order chi connectivity index (χ1) is 11.2. The van der Waals surface area contributed by atoms with E-state index in [0.717, 1.165) is 45.4 Å². The lowest BCUT2D eigenvalue weighted by atomic mass is 9.85. The van der Waals surface area contributed by atoms with E-state index in [9.17, 15) is 4.79 Å². The fourth-order valence-electron chi connectivity index (χ4n) is 4.11. The second-order valence-electron chi connectivity index (χ2n) is 7.47. The Hall–Kier alpha value is -1.35. The summed E-state index contributed by atoms with van der Waals surface area (Å²) in [4.78, 5) is 14.7. The highest BCUT2D eigenvalue weighted by Crippen LogP contribution is 2.26. The van der Waals surface area contributed by atoms with Crippen molar-refractivity contribution in [2.24, 2.45) is 17.8 Å². The summed E-state index contributed by atoms with van der Waals surface area (Å²) in [5.41, 5.74) is 1.40. The van der Waals surface area contributed by atoms with Gasteiger partial charge in [-0.3, -0.25) is 4.79 Å². The fourth-order valence-corrected chi connectivity index (χ4v) is 4.11. The van der Waals surface area contributed by atoms with Crippen molar-refractivity contribution in [1.82, 2.24) is 10.2 Å². The third-order valence-electron chi connectivity index (χ3n) is 5.64. The van der Waals surface area contributed by atoms with Crippen molar-refractivity contribution in [2.75, 3.05) is 26.2 Å². The summed E-state index contributed by atoms with van der Waals surface area (Å²) in [7, 11) is 0. The summed E-state index contributed by atoms with van der Waals surface area (Å²) in [5, 5.41) is 3.47. The number of amides is 1. The van der Waals surface area contributed by atoms with E-state index in [1.807, 2.05) is 0 Å². The quantitative estimate of drug-likeness (QED) is 0.906. The van der Waals surface area contributed by atoms with Crippen LogP contribution in [0.2, 0.25) is 0 Å². The predicted molar refractivity (Wildman–Crippen MR) is 94.2 cm³/mol. The van der Waals surface area contributed by atoms with Gasteiger partial charge in [-0.15, -0.1) is 0 Å². The topological polar surface area (TPSA) is 32.3 Å². The van der Waals surface area contributed by atoms with Crippen LogP contribution in [0.1, 0.15) is 38.2 Å². The second-order valence-corrected chi connectivity index (χ2v) is 7.47. The average Bonchev–Trinajstić information content (AvgIpc) is 3.05. The summed E-state index contributed by atoms with van der Waals surface area (Å²) in [5.74, 6) is 2.19. The van der Waals surface area contributed by atoms with Gasteiger partial charge in [0.1, 0.15) is 0 Å². The van der Waals surface area contributed by atoms with Gasteiger partial charge in [-0.25, -0.2) is 0 Å². The molecule has 2 aliphatic heterocycles. The number of carbonyl (C=O) groups excluding carboxylic acids is 1. The lowest BCUT2D eigenvalue weighted by Gasteiger charge is -2.29. The number of nitrogens with one attached hydrogen (secondary N) is 1. The molecule has 2 fully saturated rings. The third-order valence-corrected chi connectivity index (χ3v) is 5.64. The van der Waals surface area contributed by atoms with E-state index < -0.39 is 0 Å². The van der Waals surface area contributed by atoms with Gasteiger partial charge in [-0.1, -0.05) is 37.3 Å². The maximum absolute atomic E-state index is 12.6. The van der Waals surface area contributed by atoms with Crippen LogP contribution in [0.5, 0.6) is 0 Å². The van der Waals surface area contributed by atoms with Crippen LogP contribution in [-0.4, -0.2) is 37.0 Å². The van der Waals surface area contributed by atoms with Crippen molar-refractivity contribution >= 4 is 5.91 Å². The van der Waals surface area contributed by atoms with Crippen molar-refractivity contribution in [3.8, 4) is 0 Å². The van der Waals surface area contributed by atoms with Crippen molar-refractivity contribution in [2.45, 2.75) is 39.0 Å². The molecule has 0 bridgehead atoms. The van der Waals surface area contributed by atoms with Crippen molar-refractivity contribution in [1.29, 1.82) is 0 Å². The first-order valence-corrected chi connectivity index (χ1v) is 9.25. The zero-order valence-corrected chi connectivity index (χ0v) is 14.3. The van der Waals surface area contributed by atoms with Crippen LogP contribution in [0.15, 0.2) is 30.3 Å². The molecule has 1 aromatic rings. The molecule has 1 N–H and O–H groups in total. The Balaban J connectivity index is 1.45. The maximum atomic E-state index is 12.6. The molecule has 0 aromatic heterocycles. The number of hydrogen-bond donors (Lipinski definition) is 1. The molecule has 126 valence electrons. The molecular formula is C20H30N2O. The lowest BCUT2D eigenvalue weighted by molar-refractivity contribution is -0.131. The number of hydrogen-bond acceptors (Lipinski definition) is 2. The highest BCUT2D eigenvalue weighted by atomic mass is 16.2. The Morgan fingerprint density at radius 1 is 1.30 bits per heavy atom. The molecule has 0 radical (unpaired) electrons. The number of benzene rings is 1. The summed E-state index contributed by atoms with van der Waals surface area (Å²) in [6.45, 7) is 6.39. The SMILES string of the molecule is CC(CC(=O)N1CCC(Cc2ccccc2)C1)C1CCCNC1. The molecule has 3 nitrogen and oxygen atoms in total. The van der Waals surface area contributed by atoms with Gasteiger partial charge < -0.3 is 10.2 Å². The number of likely N-dealkylation sites (tertiary alicyclic amines) is 1. The number of rotatable bonds is 5. The number of nitrogens with zero attached hydrogens (tertiary/aromatic N) is 1. The smallest absolute Gasteiger partial charge is 0.222 e. The zero-order chi connectivity index (χ0) is 16.1. The molecular weight excluding hydrogens is 284 g/mol. The largest absolute Gasteiger partial charge is 0.342 e. The monoisotopic (exact) mass is 314 g/mol. The Morgan fingerprint density at radius 2 is 2.13 bits per heavy atom. The van der Waals surface area contributed by atoms with Crippen LogP contribution in [0.25, 0.3) is 0 Å². The van der Waals surface area contributed by atoms with E-state index in [1.54, 1.807) is 0 Å². The molecule has 3 heteroatoms. The normalized spacial score (nSPS) is 26.2. The number of carbonyl (C=O) groups is 1. The minimum atomic E-state index is 0.374. The van der Waals surface area contributed by atoms with Gasteiger partial charge in [0.2, 0.25) is 5.91 Å². The van der Waals surface area contributed by atoms with E-state index in [4.69, 9.17) is 0 Å². The highest BCUT2D eigenvalue weighted by Gasteiger charge is 2.29. The van der Waals surface area contributed by atoms with E-state index in [0.29, 0.717) is 23.7 Å². The van der Waals surface area contributed by atoms with Gasteiger partial charge in [0.25, 0.3) is 0 Å². The van der Waals surface area contributed by atoms with Crippen LogP contribution in [-0.2, 0) is 11.2 Å². The van der Waals surface area contributed by atoms with Gasteiger partial charge in [0, 0.05) is 19.5 Å². The molecule has 2 saturated heterocycles. The maximum Gasteiger partial charge on any atom is 0.222 e. The summed E-state index contributed by atoms with van der Waals surface area (Å²) in [6.07, 6.45) is 5.52. The van der Waals surface area contributed by atoms with Crippen molar-refractivity contribution in [3.63, 3.8) is 0 Å². The van der Waals surface area contributed by atoms with Crippen LogP contribution in [0.4, 0.5) is 0 Å². The van der Waals surface area contributed by atoms with Gasteiger partial charge in [-0.05, 0) is 62.1 Å². The van der Waals surface area contributed by atoms with E-state index in [-0.39, 0.29) is 0 Å². The van der Waals surface area contributed by atoms with Gasteiger partial charge in [-0.2, -0.15) is 0 Å². The summed E-state index contributed by atoms with van der Waals surface area (Å²) >= 11 is 0. The lowest BCUT2D eigenvalue weighted by Crippen LogP contribution is -2.36. The Bertz CT molecular complexity index is 496. The highest BCUT2D eigenvalue weighted by molar-refractivity contribution is 5.76. The van der Waals surface area contributed by atoms with E-state index in [1.165, 1.54) is 18.4 Å². The molecule has 1 amide bonds. The Kier molecular flexibility index (Phi) is 5.71. The molecule has 1 aromatic carbocycles. The van der Waals surface area contributed by atoms with E-state index in [2.05, 4.69) is 47.5 Å². The van der Waals surface area contributed by atoms with Crippen molar-refractivity contribution in [3.05, 3.63) is 35.9 Å².